The van der Waals surface area contributed by atoms with Crippen LogP contribution in [-0.2, 0) is 23.1 Å². The summed E-state index contributed by atoms with van der Waals surface area (Å²) < 4.78 is 29.8. The molecule has 0 spiro atoms. The SMILES string of the molecule is Cc1cccc(S(=O)(=O)N2CCC(c3nnc4n3CCNC4)CC2)c1C#N. The molecule has 0 amide bonds. The number of piperidine rings is 1. The van der Waals surface area contributed by atoms with Crippen LogP contribution in [-0.4, -0.2) is 47.1 Å². The summed E-state index contributed by atoms with van der Waals surface area (Å²) in [6, 6.07) is 7.01. The summed E-state index contributed by atoms with van der Waals surface area (Å²) in [7, 11) is -3.68. The van der Waals surface area contributed by atoms with Crippen molar-refractivity contribution in [3.63, 3.8) is 0 Å². The van der Waals surface area contributed by atoms with Crippen LogP contribution in [0.5, 0.6) is 0 Å². The molecule has 142 valence electrons. The second-order valence-corrected chi connectivity index (χ2v) is 8.95. The molecule has 0 atom stereocenters. The van der Waals surface area contributed by atoms with Crippen molar-refractivity contribution in [3.05, 3.63) is 41.0 Å². The van der Waals surface area contributed by atoms with Crippen LogP contribution in [0.25, 0.3) is 0 Å². The molecule has 0 unspecified atom stereocenters. The highest BCUT2D eigenvalue weighted by Crippen LogP contribution is 2.31. The van der Waals surface area contributed by atoms with Crippen molar-refractivity contribution in [2.75, 3.05) is 19.6 Å². The van der Waals surface area contributed by atoms with Crippen LogP contribution < -0.4 is 5.32 Å². The van der Waals surface area contributed by atoms with E-state index < -0.39 is 10.0 Å². The van der Waals surface area contributed by atoms with Gasteiger partial charge in [0.25, 0.3) is 0 Å². The Morgan fingerprint density at radius 1 is 1.22 bits per heavy atom. The minimum atomic E-state index is -3.68. The van der Waals surface area contributed by atoms with Crippen molar-refractivity contribution in [1.29, 1.82) is 5.26 Å². The lowest BCUT2D eigenvalue weighted by molar-refractivity contribution is 0.307. The van der Waals surface area contributed by atoms with Crippen molar-refractivity contribution in [2.24, 2.45) is 0 Å². The second kappa shape index (κ2) is 7.03. The molecule has 0 aliphatic carbocycles. The quantitative estimate of drug-likeness (QED) is 0.848. The Morgan fingerprint density at radius 3 is 2.74 bits per heavy atom. The highest BCUT2D eigenvalue weighted by molar-refractivity contribution is 7.89. The standard InChI is InChI=1S/C18H22N6O2S/c1-13-3-2-4-16(15(13)11-19)27(25,26)23-8-5-14(6-9-23)18-22-21-17-12-20-7-10-24(17)18/h2-4,14,20H,5-10,12H2,1H3. The molecule has 1 aromatic carbocycles. The Kier molecular flexibility index (Phi) is 4.72. The number of benzene rings is 1. The number of nitriles is 1. The van der Waals surface area contributed by atoms with E-state index in [1.54, 1.807) is 19.1 Å². The predicted octanol–water partition coefficient (Wildman–Crippen LogP) is 1.13. The van der Waals surface area contributed by atoms with Crippen molar-refractivity contribution < 1.29 is 8.42 Å². The number of hydrogen-bond donors (Lipinski definition) is 1. The Bertz CT molecular complexity index is 999. The molecule has 2 aliphatic heterocycles. The van der Waals surface area contributed by atoms with E-state index in [2.05, 4.69) is 20.1 Å². The van der Waals surface area contributed by atoms with Crippen LogP contribution in [0, 0.1) is 18.3 Å². The highest BCUT2D eigenvalue weighted by atomic mass is 32.2. The van der Waals surface area contributed by atoms with Crippen molar-refractivity contribution in [1.82, 2.24) is 24.4 Å². The lowest BCUT2D eigenvalue weighted by Crippen LogP contribution is -2.39. The molecule has 1 saturated heterocycles. The lowest BCUT2D eigenvalue weighted by Gasteiger charge is -2.31. The molecular formula is C18H22N6O2S. The second-order valence-electron chi connectivity index (χ2n) is 7.04. The van der Waals surface area contributed by atoms with Crippen LogP contribution in [0.15, 0.2) is 23.1 Å². The third kappa shape index (κ3) is 3.14. The summed E-state index contributed by atoms with van der Waals surface area (Å²) in [4.78, 5) is 0.106. The summed E-state index contributed by atoms with van der Waals surface area (Å²) in [5.74, 6) is 2.13. The lowest BCUT2D eigenvalue weighted by atomic mass is 9.97. The molecule has 4 rings (SSSR count). The molecule has 3 heterocycles. The van der Waals surface area contributed by atoms with Crippen LogP contribution in [0.4, 0.5) is 0 Å². The van der Waals surface area contributed by atoms with Gasteiger partial charge in [-0.3, -0.25) is 0 Å². The molecule has 2 aliphatic rings. The van der Waals surface area contributed by atoms with Gasteiger partial charge in [-0.15, -0.1) is 10.2 Å². The van der Waals surface area contributed by atoms with Crippen LogP contribution in [0.1, 0.15) is 41.5 Å². The maximum atomic E-state index is 13.1. The number of rotatable bonds is 3. The van der Waals surface area contributed by atoms with Crippen LogP contribution in [0.2, 0.25) is 0 Å². The average molecular weight is 386 g/mol. The molecule has 1 N–H and O–H groups in total. The van der Waals surface area contributed by atoms with E-state index in [0.717, 1.165) is 31.3 Å². The highest BCUT2D eigenvalue weighted by Gasteiger charge is 2.34. The maximum Gasteiger partial charge on any atom is 0.244 e. The zero-order valence-electron chi connectivity index (χ0n) is 15.2. The first-order valence-electron chi connectivity index (χ1n) is 9.15. The fraction of sp³-hybridized carbons (Fsp3) is 0.500. The fourth-order valence-electron chi connectivity index (χ4n) is 3.91. The van der Waals surface area contributed by atoms with Gasteiger partial charge in [-0.25, -0.2) is 8.42 Å². The van der Waals surface area contributed by atoms with Crippen LogP contribution in [0.3, 0.4) is 0 Å². The van der Waals surface area contributed by atoms with Gasteiger partial charge in [0.2, 0.25) is 10.0 Å². The number of nitrogens with one attached hydrogen (secondary N) is 1. The number of hydrogen-bond acceptors (Lipinski definition) is 6. The number of nitrogens with zero attached hydrogens (tertiary/aromatic N) is 5. The Labute approximate surface area is 158 Å². The molecule has 0 saturated carbocycles. The predicted molar refractivity (Wildman–Crippen MR) is 98.4 cm³/mol. The largest absolute Gasteiger partial charge is 0.312 e. The Hall–Kier alpha value is -2.28. The van der Waals surface area contributed by atoms with Gasteiger partial charge in [-0.05, 0) is 31.4 Å². The zero-order valence-corrected chi connectivity index (χ0v) is 16.0. The molecule has 0 bridgehead atoms. The third-order valence-corrected chi connectivity index (χ3v) is 7.38. The zero-order chi connectivity index (χ0) is 19.0. The van der Waals surface area contributed by atoms with Gasteiger partial charge in [-0.1, -0.05) is 12.1 Å². The number of fused-ring (bicyclic) bond motifs is 1. The van der Waals surface area contributed by atoms with Gasteiger partial charge in [0.15, 0.2) is 0 Å². The minimum Gasteiger partial charge on any atom is -0.312 e. The summed E-state index contributed by atoms with van der Waals surface area (Å²) in [5.41, 5.74) is 0.913. The first-order chi connectivity index (χ1) is 13.0. The Balaban J connectivity index is 1.54. The van der Waals surface area contributed by atoms with Gasteiger partial charge in [0.05, 0.1) is 12.1 Å². The normalized spacial score (nSPS) is 18.8. The van der Waals surface area contributed by atoms with Gasteiger partial charge in [-0.2, -0.15) is 9.57 Å². The summed E-state index contributed by atoms with van der Waals surface area (Å²) >= 11 is 0. The first kappa shape index (κ1) is 18.1. The van der Waals surface area contributed by atoms with E-state index >= 15 is 0 Å². The first-order valence-corrected chi connectivity index (χ1v) is 10.6. The smallest absolute Gasteiger partial charge is 0.244 e. The number of aryl methyl sites for hydroxylation is 1. The summed E-state index contributed by atoms with van der Waals surface area (Å²) in [5, 5.41) is 21.3. The molecule has 9 heteroatoms. The maximum absolute atomic E-state index is 13.1. The molecule has 0 radical (unpaired) electrons. The van der Waals surface area contributed by atoms with Crippen LogP contribution >= 0.6 is 0 Å². The fourth-order valence-corrected chi connectivity index (χ4v) is 5.59. The average Bonchev–Trinajstić information content (AvgIpc) is 3.12. The van der Waals surface area contributed by atoms with Crippen molar-refractivity contribution in [2.45, 2.75) is 43.7 Å². The van der Waals surface area contributed by atoms with Gasteiger partial charge < -0.3 is 9.88 Å². The monoisotopic (exact) mass is 386 g/mol. The van der Waals surface area contributed by atoms with Gasteiger partial charge in [0, 0.05) is 32.1 Å². The van der Waals surface area contributed by atoms with E-state index in [0.29, 0.717) is 31.5 Å². The van der Waals surface area contributed by atoms with E-state index in [9.17, 15) is 13.7 Å². The van der Waals surface area contributed by atoms with E-state index in [1.807, 2.05) is 6.07 Å². The topological polar surface area (TPSA) is 104 Å². The molecular weight excluding hydrogens is 364 g/mol. The summed E-state index contributed by atoms with van der Waals surface area (Å²) in [6.07, 6.45) is 1.41. The van der Waals surface area contributed by atoms with Gasteiger partial charge in [0.1, 0.15) is 22.6 Å². The molecule has 27 heavy (non-hydrogen) atoms. The Morgan fingerprint density at radius 2 is 2.00 bits per heavy atom. The van der Waals surface area contributed by atoms with Gasteiger partial charge >= 0.3 is 0 Å². The minimum absolute atomic E-state index is 0.106. The van der Waals surface area contributed by atoms with E-state index in [4.69, 9.17) is 0 Å². The third-order valence-electron chi connectivity index (χ3n) is 5.43. The molecule has 1 fully saturated rings. The number of aromatic nitrogens is 3. The van der Waals surface area contributed by atoms with E-state index in [-0.39, 0.29) is 16.4 Å². The molecule has 2 aromatic rings. The molecule has 8 nitrogen and oxygen atoms in total. The number of sulfonamides is 1. The van der Waals surface area contributed by atoms with Crippen molar-refractivity contribution >= 4 is 10.0 Å². The van der Waals surface area contributed by atoms with Crippen molar-refractivity contribution in [3.8, 4) is 6.07 Å². The van der Waals surface area contributed by atoms with E-state index in [1.165, 1.54) is 10.4 Å². The summed E-state index contributed by atoms with van der Waals surface area (Å²) in [6.45, 7) is 5.08. The molecule has 1 aromatic heterocycles.